The van der Waals surface area contributed by atoms with Gasteiger partial charge in [0.15, 0.2) is 5.69 Å². The van der Waals surface area contributed by atoms with Crippen molar-refractivity contribution in [2.75, 3.05) is 7.05 Å². The number of benzene rings is 1. The van der Waals surface area contributed by atoms with Crippen LogP contribution in [-0.2, 0) is 4.79 Å². The highest BCUT2D eigenvalue weighted by atomic mass is 35.5. The molecule has 0 atom stereocenters. The number of aliphatic carboxylic acids is 1. The van der Waals surface area contributed by atoms with Crippen LogP contribution >= 0.6 is 11.6 Å². The van der Waals surface area contributed by atoms with E-state index in [-0.39, 0.29) is 11.6 Å². The fourth-order valence-corrected chi connectivity index (χ4v) is 3.58. The Kier molecular flexibility index (Phi) is 4.81. The highest BCUT2D eigenvalue weighted by Crippen LogP contribution is 2.34. The van der Waals surface area contributed by atoms with Gasteiger partial charge in [0.05, 0.1) is 5.69 Å². The number of aromatic nitrogens is 2. The predicted octanol–water partition coefficient (Wildman–Crippen LogP) is 3.39. The highest BCUT2D eigenvalue weighted by molar-refractivity contribution is 6.30. The number of rotatable bonds is 4. The molecule has 1 fully saturated rings. The number of carbonyl (C=O) groups is 2. The zero-order valence-electron chi connectivity index (χ0n) is 14.0. The number of carbonyl (C=O) groups excluding carboxylic acids is 1. The van der Waals surface area contributed by atoms with Gasteiger partial charge in [-0.05, 0) is 37.1 Å². The second-order valence-electron chi connectivity index (χ2n) is 6.39. The molecule has 1 heterocycles. The summed E-state index contributed by atoms with van der Waals surface area (Å²) in [7, 11) is 1.56. The summed E-state index contributed by atoms with van der Waals surface area (Å²) in [6.07, 6.45) is 5.22. The average molecular weight is 362 g/mol. The van der Waals surface area contributed by atoms with E-state index in [0.29, 0.717) is 17.9 Å². The molecule has 0 radical (unpaired) electrons. The van der Waals surface area contributed by atoms with Crippen molar-refractivity contribution in [1.29, 1.82) is 0 Å². The summed E-state index contributed by atoms with van der Waals surface area (Å²) in [6.45, 7) is 0. The van der Waals surface area contributed by atoms with Crippen LogP contribution in [0.3, 0.4) is 0 Å². The topological polar surface area (TPSA) is 75.4 Å². The molecule has 1 aliphatic carbocycles. The summed E-state index contributed by atoms with van der Waals surface area (Å²) in [4.78, 5) is 26.1. The third-order valence-electron chi connectivity index (χ3n) is 4.91. The monoisotopic (exact) mass is 361 g/mol. The Labute approximate surface area is 151 Å². The van der Waals surface area contributed by atoms with Gasteiger partial charge < -0.3 is 10.0 Å². The number of amides is 1. The van der Waals surface area contributed by atoms with E-state index < -0.39 is 11.5 Å². The van der Waals surface area contributed by atoms with Gasteiger partial charge in [-0.25, -0.2) is 9.48 Å². The van der Waals surface area contributed by atoms with Gasteiger partial charge in [0.2, 0.25) is 0 Å². The third-order valence-corrected chi connectivity index (χ3v) is 5.14. The molecule has 1 aromatic carbocycles. The van der Waals surface area contributed by atoms with Crippen LogP contribution in [0.1, 0.15) is 42.6 Å². The quantitative estimate of drug-likeness (QED) is 0.905. The first-order valence-corrected chi connectivity index (χ1v) is 8.65. The van der Waals surface area contributed by atoms with Crippen molar-refractivity contribution in [3.8, 4) is 5.69 Å². The Morgan fingerprint density at radius 2 is 1.96 bits per heavy atom. The zero-order chi connectivity index (χ0) is 18.0. The lowest BCUT2D eigenvalue weighted by Gasteiger charge is -2.40. The molecule has 0 unspecified atom stereocenters. The Hall–Kier alpha value is -2.34. The lowest BCUT2D eigenvalue weighted by Crippen LogP contribution is -2.56. The number of hydrogen-bond acceptors (Lipinski definition) is 3. The minimum Gasteiger partial charge on any atom is -0.479 e. The number of likely N-dealkylation sites (N-methyl/N-ethyl adjacent to an activating group) is 1. The first-order valence-electron chi connectivity index (χ1n) is 8.27. The summed E-state index contributed by atoms with van der Waals surface area (Å²) in [5.41, 5.74) is -0.191. The van der Waals surface area contributed by atoms with Crippen LogP contribution in [0, 0.1) is 0 Å². The van der Waals surface area contributed by atoms with Gasteiger partial charge in [-0.15, -0.1) is 0 Å². The first kappa shape index (κ1) is 17.5. The molecule has 1 N–H and O–H groups in total. The number of carboxylic acid groups (broad SMARTS) is 1. The third kappa shape index (κ3) is 3.26. The number of carboxylic acids is 1. The number of nitrogens with zero attached hydrogens (tertiary/aromatic N) is 3. The van der Waals surface area contributed by atoms with Crippen LogP contribution in [0.5, 0.6) is 0 Å². The smallest absolute Gasteiger partial charge is 0.329 e. The molecular weight excluding hydrogens is 342 g/mol. The van der Waals surface area contributed by atoms with Crippen LogP contribution in [0.2, 0.25) is 5.02 Å². The molecule has 1 aromatic heterocycles. The van der Waals surface area contributed by atoms with Gasteiger partial charge >= 0.3 is 5.97 Å². The van der Waals surface area contributed by atoms with E-state index in [1.165, 1.54) is 4.90 Å². The van der Waals surface area contributed by atoms with Crippen molar-refractivity contribution in [3.05, 3.63) is 47.2 Å². The average Bonchev–Trinajstić information content (AvgIpc) is 3.11. The lowest BCUT2D eigenvalue weighted by molar-refractivity contribution is -0.151. The second-order valence-corrected chi connectivity index (χ2v) is 6.82. The molecule has 3 rings (SSSR count). The van der Waals surface area contributed by atoms with Crippen molar-refractivity contribution < 1.29 is 14.7 Å². The molecule has 0 saturated heterocycles. The fourth-order valence-electron chi connectivity index (χ4n) is 3.40. The normalized spacial score (nSPS) is 16.4. The predicted molar refractivity (Wildman–Crippen MR) is 94.1 cm³/mol. The Morgan fingerprint density at radius 3 is 2.60 bits per heavy atom. The van der Waals surface area contributed by atoms with Gasteiger partial charge in [0.25, 0.3) is 5.91 Å². The van der Waals surface area contributed by atoms with Gasteiger partial charge in [-0.3, -0.25) is 4.79 Å². The van der Waals surface area contributed by atoms with Gasteiger partial charge in [0.1, 0.15) is 5.54 Å². The molecule has 2 aromatic rings. The summed E-state index contributed by atoms with van der Waals surface area (Å²) >= 11 is 5.99. The lowest BCUT2D eigenvalue weighted by atomic mass is 9.80. The van der Waals surface area contributed by atoms with E-state index in [4.69, 9.17) is 11.6 Å². The van der Waals surface area contributed by atoms with Crippen molar-refractivity contribution in [2.45, 2.75) is 37.6 Å². The summed E-state index contributed by atoms with van der Waals surface area (Å²) in [6, 6.07) is 8.73. The van der Waals surface area contributed by atoms with E-state index in [0.717, 1.165) is 24.9 Å². The van der Waals surface area contributed by atoms with Crippen molar-refractivity contribution in [3.63, 3.8) is 0 Å². The molecule has 1 aliphatic rings. The molecule has 7 heteroatoms. The Balaban J connectivity index is 1.86. The highest BCUT2D eigenvalue weighted by Gasteiger charge is 2.46. The van der Waals surface area contributed by atoms with Gasteiger partial charge in [0, 0.05) is 18.3 Å². The molecule has 1 amide bonds. The van der Waals surface area contributed by atoms with Crippen molar-refractivity contribution in [1.82, 2.24) is 14.7 Å². The number of halogens is 1. The van der Waals surface area contributed by atoms with Crippen LogP contribution in [-0.4, -0.2) is 44.3 Å². The van der Waals surface area contributed by atoms with Crippen LogP contribution in [0.4, 0.5) is 0 Å². The largest absolute Gasteiger partial charge is 0.479 e. The zero-order valence-corrected chi connectivity index (χ0v) is 14.7. The standard InChI is InChI=1S/C18H20ClN3O3/c1-21(18(17(24)25)9-3-2-4-10-18)16(23)15-8-11-22(20-15)14-7-5-6-13(19)12-14/h5-8,11-12H,2-4,9-10H2,1H3,(H,24,25). The van der Waals surface area contributed by atoms with Gasteiger partial charge in [-0.1, -0.05) is 36.9 Å². The molecule has 0 bridgehead atoms. The van der Waals surface area contributed by atoms with E-state index in [1.54, 1.807) is 42.2 Å². The molecule has 25 heavy (non-hydrogen) atoms. The van der Waals surface area contributed by atoms with Crippen LogP contribution in [0.25, 0.3) is 5.69 Å². The minimum atomic E-state index is -1.14. The molecule has 1 saturated carbocycles. The maximum atomic E-state index is 12.8. The summed E-state index contributed by atoms with van der Waals surface area (Å²) < 4.78 is 1.56. The van der Waals surface area contributed by atoms with E-state index in [2.05, 4.69) is 5.10 Å². The Bertz CT molecular complexity index is 796. The molecular formula is C18H20ClN3O3. The van der Waals surface area contributed by atoms with Crippen molar-refractivity contribution in [2.24, 2.45) is 0 Å². The van der Waals surface area contributed by atoms with Crippen LogP contribution < -0.4 is 0 Å². The van der Waals surface area contributed by atoms with E-state index >= 15 is 0 Å². The molecule has 0 aliphatic heterocycles. The SMILES string of the molecule is CN(C(=O)c1ccn(-c2cccc(Cl)c2)n1)C1(C(=O)O)CCCCC1. The fraction of sp³-hybridized carbons (Fsp3) is 0.389. The van der Waals surface area contributed by atoms with Crippen LogP contribution in [0.15, 0.2) is 36.5 Å². The molecule has 0 spiro atoms. The van der Waals surface area contributed by atoms with Gasteiger partial charge in [-0.2, -0.15) is 5.10 Å². The maximum absolute atomic E-state index is 12.8. The van der Waals surface area contributed by atoms with E-state index in [9.17, 15) is 14.7 Å². The summed E-state index contributed by atoms with van der Waals surface area (Å²) in [5.74, 6) is -1.33. The minimum absolute atomic E-state index is 0.216. The van der Waals surface area contributed by atoms with E-state index in [1.807, 2.05) is 6.07 Å². The molecule has 132 valence electrons. The maximum Gasteiger partial charge on any atom is 0.329 e. The Morgan fingerprint density at radius 1 is 1.24 bits per heavy atom. The van der Waals surface area contributed by atoms with Crippen molar-refractivity contribution >= 4 is 23.5 Å². The number of hydrogen-bond donors (Lipinski definition) is 1. The molecule has 6 nitrogen and oxygen atoms in total. The first-order chi connectivity index (χ1) is 11.9. The summed E-state index contributed by atoms with van der Waals surface area (Å²) in [5, 5.41) is 14.6. The second kappa shape index (κ2) is 6.88.